The summed E-state index contributed by atoms with van der Waals surface area (Å²) in [5.41, 5.74) is 1.86. The lowest BCUT2D eigenvalue weighted by molar-refractivity contribution is -0.138. The highest BCUT2D eigenvalue weighted by atomic mass is 32.1. The van der Waals surface area contributed by atoms with E-state index in [0.29, 0.717) is 10.9 Å². The monoisotopic (exact) mass is 396 g/mol. The molecule has 0 N–H and O–H groups in total. The van der Waals surface area contributed by atoms with Crippen molar-refractivity contribution in [2.24, 2.45) is 0 Å². The van der Waals surface area contributed by atoms with Crippen LogP contribution in [0.4, 0.5) is 0 Å². The van der Waals surface area contributed by atoms with Crippen molar-refractivity contribution in [3.8, 4) is 10.6 Å². The second kappa shape index (κ2) is 8.52. The molecule has 3 aromatic rings. The van der Waals surface area contributed by atoms with Crippen molar-refractivity contribution in [1.29, 1.82) is 0 Å². The van der Waals surface area contributed by atoms with Crippen LogP contribution in [-0.4, -0.2) is 40.5 Å². The van der Waals surface area contributed by atoms with E-state index in [1.807, 2.05) is 69.5 Å². The number of pyridine rings is 1. The minimum Gasteiger partial charge on any atom is -0.452 e. The molecule has 3 rings (SSSR count). The maximum atomic E-state index is 12.8. The average Bonchev–Trinajstić information content (AvgIpc) is 3.19. The number of rotatable bonds is 6. The molecule has 1 aromatic carbocycles. The van der Waals surface area contributed by atoms with Crippen LogP contribution in [0.3, 0.4) is 0 Å². The number of benzene rings is 1. The summed E-state index contributed by atoms with van der Waals surface area (Å²) >= 11 is 1.56. The van der Waals surface area contributed by atoms with Crippen LogP contribution in [0.2, 0.25) is 0 Å². The number of aromatic nitrogens is 1. The lowest BCUT2D eigenvalue weighted by atomic mass is 10.1. The normalized spacial score (nSPS) is 11.2. The molecule has 2 aromatic heterocycles. The Morgan fingerprint density at radius 2 is 1.79 bits per heavy atom. The maximum Gasteiger partial charge on any atom is 0.339 e. The van der Waals surface area contributed by atoms with Gasteiger partial charge in [0.05, 0.1) is 21.7 Å². The topological polar surface area (TPSA) is 59.5 Å². The minimum atomic E-state index is -0.516. The molecule has 0 atom stereocenters. The van der Waals surface area contributed by atoms with Crippen molar-refractivity contribution in [1.82, 2.24) is 9.88 Å². The van der Waals surface area contributed by atoms with Gasteiger partial charge in [-0.1, -0.05) is 24.3 Å². The number of nitrogens with zero attached hydrogens (tertiary/aromatic N) is 2. The van der Waals surface area contributed by atoms with Gasteiger partial charge < -0.3 is 9.64 Å². The summed E-state index contributed by atoms with van der Waals surface area (Å²) in [5, 5.41) is 2.68. The Hall–Kier alpha value is -2.73. The summed E-state index contributed by atoms with van der Waals surface area (Å²) in [6.45, 7) is 7.51. The van der Waals surface area contributed by atoms with E-state index in [4.69, 9.17) is 4.74 Å². The van der Waals surface area contributed by atoms with Crippen LogP contribution in [0.15, 0.2) is 47.8 Å². The molecule has 0 unspecified atom stereocenters. The molecular weight excluding hydrogens is 372 g/mol. The summed E-state index contributed by atoms with van der Waals surface area (Å²) < 4.78 is 5.40. The van der Waals surface area contributed by atoms with Crippen LogP contribution in [0.5, 0.6) is 0 Å². The summed E-state index contributed by atoms with van der Waals surface area (Å²) in [7, 11) is 0. The smallest absolute Gasteiger partial charge is 0.339 e. The molecule has 28 heavy (non-hydrogen) atoms. The van der Waals surface area contributed by atoms with Gasteiger partial charge >= 0.3 is 5.97 Å². The van der Waals surface area contributed by atoms with Gasteiger partial charge in [-0.3, -0.25) is 4.79 Å². The molecule has 0 spiro atoms. The predicted molar refractivity (Wildman–Crippen MR) is 112 cm³/mol. The average molecular weight is 397 g/mol. The third-order valence-electron chi connectivity index (χ3n) is 4.44. The molecule has 0 aliphatic carbocycles. The zero-order valence-electron chi connectivity index (χ0n) is 16.5. The summed E-state index contributed by atoms with van der Waals surface area (Å²) in [6, 6.07) is 13.2. The van der Waals surface area contributed by atoms with Crippen LogP contribution in [0, 0.1) is 0 Å². The Morgan fingerprint density at radius 1 is 1.07 bits per heavy atom. The van der Waals surface area contributed by atoms with Crippen molar-refractivity contribution in [3.63, 3.8) is 0 Å². The fraction of sp³-hybridized carbons (Fsp3) is 0.318. The first-order valence-electron chi connectivity index (χ1n) is 9.30. The molecule has 5 nitrogen and oxygen atoms in total. The number of carbonyl (C=O) groups excluding carboxylic acids is 2. The number of amides is 1. The SMILES string of the molecule is CC(C)N(C(=O)COC(=O)c1cc(-c2cccs2)nc2ccccc12)C(C)C. The number of ether oxygens (including phenoxy) is 1. The van der Waals surface area contributed by atoms with Crippen molar-refractivity contribution in [2.75, 3.05) is 6.61 Å². The first-order valence-corrected chi connectivity index (χ1v) is 10.2. The van der Waals surface area contributed by atoms with E-state index in [9.17, 15) is 9.59 Å². The molecule has 0 aliphatic heterocycles. The van der Waals surface area contributed by atoms with E-state index >= 15 is 0 Å². The van der Waals surface area contributed by atoms with Gasteiger partial charge in [-0.15, -0.1) is 11.3 Å². The molecule has 0 aliphatic rings. The van der Waals surface area contributed by atoms with E-state index < -0.39 is 5.97 Å². The maximum absolute atomic E-state index is 12.8. The van der Waals surface area contributed by atoms with Crippen LogP contribution < -0.4 is 0 Å². The summed E-state index contributed by atoms with van der Waals surface area (Å²) in [5.74, 6) is -0.715. The van der Waals surface area contributed by atoms with Crippen molar-refractivity contribution >= 4 is 34.1 Å². The first kappa shape index (κ1) is 20.0. The number of esters is 1. The Labute approximate surface area is 169 Å². The van der Waals surface area contributed by atoms with Gasteiger partial charge in [-0.2, -0.15) is 0 Å². The Morgan fingerprint density at radius 3 is 2.43 bits per heavy atom. The second-order valence-corrected chi connectivity index (χ2v) is 8.06. The molecule has 0 bridgehead atoms. The molecule has 2 heterocycles. The van der Waals surface area contributed by atoms with Gasteiger partial charge in [0.15, 0.2) is 6.61 Å². The Kier molecular flexibility index (Phi) is 6.09. The third-order valence-corrected chi connectivity index (χ3v) is 5.33. The summed E-state index contributed by atoms with van der Waals surface area (Å²) in [4.78, 5) is 32.7. The van der Waals surface area contributed by atoms with Crippen molar-refractivity contribution in [2.45, 2.75) is 39.8 Å². The highest BCUT2D eigenvalue weighted by Gasteiger charge is 2.22. The number of thiophene rings is 1. The number of carbonyl (C=O) groups is 2. The highest BCUT2D eigenvalue weighted by molar-refractivity contribution is 7.13. The lowest BCUT2D eigenvalue weighted by Crippen LogP contribution is -2.44. The highest BCUT2D eigenvalue weighted by Crippen LogP contribution is 2.28. The minimum absolute atomic E-state index is 0.0402. The molecular formula is C22H24N2O3S. The van der Waals surface area contributed by atoms with Crippen molar-refractivity contribution < 1.29 is 14.3 Å². The van der Waals surface area contributed by atoms with Crippen LogP contribution >= 0.6 is 11.3 Å². The van der Waals surface area contributed by atoms with Gasteiger partial charge in [0.25, 0.3) is 5.91 Å². The largest absolute Gasteiger partial charge is 0.452 e. The Bertz CT molecular complexity index is 973. The van der Waals surface area contributed by atoms with E-state index in [1.165, 1.54) is 0 Å². The molecule has 6 heteroatoms. The predicted octanol–water partition coefficient (Wildman–Crippen LogP) is 4.77. The zero-order valence-corrected chi connectivity index (χ0v) is 17.3. The summed E-state index contributed by atoms with van der Waals surface area (Å²) in [6.07, 6.45) is 0. The second-order valence-electron chi connectivity index (χ2n) is 7.11. The van der Waals surface area contributed by atoms with E-state index in [0.717, 1.165) is 16.1 Å². The van der Waals surface area contributed by atoms with Crippen LogP contribution in [-0.2, 0) is 9.53 Å². The number of hydrogen-bond acceptors (Lipinski definition) is 5. The zero-order chi connectivity index (χ0) is 20.3. The number of para-hydroxylation sites is 1. The lowest BCUT2D eigenvalue weighted by Gasteiger charge is -2.30. The fourth-order valence-corrected chi connectivity index (χ4v) is 4.03. The van der Waals surface area contributed by atoms with Crippen LogP contribution in [0.1, 0.15) is 38.1 Å². The van der Waals surface area contributed by atoms with Gasteiger partial charge in [0.2, 0.25) is 0 Å². The van der Waals surface area contributed by atoms with E-state index in [-0.39, 0.29) is 24.6 Å². The standard InChI is InChI=1S/C22H24N2O3S/c1-14(2)24(15(3)4)21(25)13-27-22(26)17-12-19(20-10-7-11-28-20)23-18-9-6-5-8-16(17)18/h5-12,14-15H,13H2,1-4H3. The quantitative estimate of drug-likeness (QED) is 0.564. The van der Waals surface area contributed by atoms with Gasteiger partial charge in [-0.25, -0.2) is 9.78 Å². The fourth-order valence-electron chi connectivity index (χ4n) is 3.35. The molecule has 0 saturated heterocycles. The van der Waals surface area contributed by atoms with Crippen molar-refractivity contribution in [3.05, 3.63) is 53.4 Å². The van der Waals surface area contributed by atoms with E-state index in [1.54, 1.807) is 22.3 Å². The van der Waals surface area contributed by atoms with Gasteiger partial charge in [0.1, 0.15) is 0 Å². The molecule has 0 radical (unpaired) electrons. The number of hydrogen-bond donors (Lipinski definition) is 0. The molecule has 146 valence electrons. The first-order chi connectivity index (χ1) is 13.4. The molecule has 0 fully saturated rings. The van der Waals surface area contributed by atoms with Crippen LogP contribution in [0.25, 0.3) is 21.5 Å². The third kappa shape index (κ3) is 4.22. The van der Waals surface area contributed by atoms with Gasteiger partial charge in [0, 0.05) is 17.5 Å². The molecule has 0 saturated carbocycles. The number of fused-ring (bicyclic) bond motifs is 1. The van der Waals surface area contributed by atoms with E-state index in [2.05, 4.69) is 4.98 Å². The Balaban J connectivity index is 1.88. The van der Waals surface area contributed by atoms with Gasteiger partial charge in [-0.05, 0) is 51.3 Å². The molecule has 1 amide bonds.